The van der Waals surface area contributed by atoms with Crippen molar-refractivity contribution in [1.82, 2.24) is 14.8 Å². The predicted molar refractivity (Wildman–Crippen MR) is 116 cm³/mol. The molecule has 0 bridgehead atoms. The molecule has 3 heterocycles. The van der Waals surface area contributed by atoms with Gasteiger partial charge in [0.25, 0.3) is 0 Å². The molecule has 7 heteroatoms. The number of fused-ring (bicyclic) bond motifs is 1. The van der Waals surface area contributed by atoms with E-state index in [9.17, 15) is 4.79 Å². The van der Waals surface area contributed by atoms with E-state index >= 15 is 0 Å². The third-order valence-electron chi connectivity index (χ3n) is 4.86. The Balaban J connectivity index is 1.21. The highest BCUT2D eigenvalue weighted by Crippen LogP contribution is 2.24. The highest BCUT2D eigenvalue weighted by atomic mass is 79.9. The van der Waals surface area contributed by atoms with Crippen molar-refractivity contribution in [2.24, 2.45) is 0 Å². The van der Waals surface area contributed by atoms with Crippen molar-refractivity contribution >= 4 is 54.7 Å². The number of aryl methyl sites for hydroxylation is 1. The molecule has 0 unspecified atom stereocenters. The maximum absolute atomic E-state index is 12.5. The fourth-order valence-electron chi connectivity index (χ4n) is 3.39. The number of carbonyl (C=O) groups excluding carboxylic acids is 1. The number of benzene rings is 1. The zero-order chi connectivity index (χ0) is 18.6. The molecule has 27 heavy (non-hydrogen) atoms. The summed E-state index contributed by atoms with van der Waals surface area (Å²) < 4.78 is 2.41. The van der Waals surface area contributed by atoms with Gasteiger partial charge in [0.2, 0.25) is 5.91 Å². The van der Waals surface area contributed by atoms with Crippen LogP contribution in [0.25, 0.3) is 10.2 Å². The van der Waals surface area contributed by atoms with Crippen molar-refractivity contribution in [1.29, 1.82) is 0 Å². The number of carbonyl (C=O) groups is 1. The van der Waals surface area contributed by atoms with Crippen LogP contribution in [-0.4, -0.2) is 46.9 Å². The number of para-hydroxylation sites is 1. The maximum Gasteiger partial charge on any atom is 0.222 e. The highest BCUT2D eigenvalue weighted by molar-refractivity contribution is 9.11. The summed E-state index contributed by atoms with van der Waals surface area (Å²) in [5.41, 5.74) is 1.09. The van der Waals surface area contributed by atoms with Crippen molar-refractivity contribution in [3.05, 3.63) is 50.1 Å². The van der Waals surface area contributed by atoms with E-state index in [1.165, 1.54) is 9.58 Å². The Bertz CT molecular complexity index is 882. The summed E-state index contributed by atoms with van der Waals surface area (Å²) in [5, 5.41) is 1.16. The zero-order valence-electron chi connectivity index (χ0n) is 15.1. The normalized spacial score (nSPS) is 15.5. The predicted octanol–water partition coefficient (Wildman–Crippen LogP) is 4.79. The molecule has 0 atom stereocenters. The fourth-order valence-corrected chi connectivity index (χ4v) is 5.93. The quantitative estimate of drug-likeness (QED) is 0.527. The number of aromatic nitrogens is 1. The highest BCUT2D eigenvalue weighted by Gasteiger charge is 2.21. The molecule has 1 amide bonds. The number of piperazine rings is 1. The third kappa shape index (κ3) is 4.96. The standard InChI is InChI=1S/C20H22BrN3OS2/c21-18-9-8-15(26-18)4-3-7-20(25)24-12-10-23(11-13-24)14-19-22-16-5-1-2-6-17(16)27-19/h1-2,5-6,8-9H,3-4,7,10-14H2. The number of hydrogen-bond donors (Lipinski definition) is 0. The first-order valence-electron chi connectivity index (χ1n) is 9.26. The van der Waals surface area contributed by atoms with Gasteiger partial charge in [0, 0.05) is 37.5 Å². The number of nitrogens with zero attached hydrogens (tertiary/aromatic N) is 3. The Morgan fingerprint density at radius 1 is 1.07 bits per heavy atom. The largest absolute Gasteiger partial charge is 0.340 e. The van der Waals surface area contributed by atoms with E-state index in [1.54, 1.807) is 22.7 Å². The number of thiazole rings is 1. The minimum absolute atomic E-state index is 0.297. The molecule has 2 aromatic heterocycles. The first kappa shape index (κ1) is 19.1. The van der Waals surface area contributed by atoms with Crippen molar-refractivity contribution in [3.63, 3.8) is 0 Å². The minimum atomic E-state index is 0.297. The molecule has 0 aliphatic carbocycles. The van der Waals surface area contributed by atoms with E-state index in [2.05, 4.69) is 51.2 Å². The van der Waals surface area contributed by atoms with Crippen LogP contribution in [0.1, 0.15) is 22.7 Å². The Morgan fingerprint density at radius 3 is 2.63 bits per heavy atom. The second kappa shape index (κ2) is 8.82. The molecule has 0 spiro atoms. The summed E-state index contributed by atoms with van der Waals surface area (Å²) >= 11 is 7.02. The summed E-state index contributed by atoms with van der Waals surface area (Å²) in [7, 11) is 0. The summed E-state index contributed by atoms with van der Waals surface area (Å²) in [6.45, 7) is 4.40. The summed E-state index contributed by atoms with van der Waals surface area (Å²) in [6.07, 6.45) is 2.56. The van der Waals surface area contributed by atoms with Crippen LogP contribution in [0.15, 0.2) is 40.2 Å². The number of rotatable bonds is 6. The number of hydrogen-bond acceptors (Lipinski definition) is 5. The van der Waals surface area contributed by atoms with Gasteiger partial charge in [-0.05, 0) is 53.0 Å². The van der Waals surface area contributed by atoms with Crippen LogP contribution in [0.5, 0.6) is 0 Å². The summed E-state index contributed by atoms with van der Waals surface area (Å²) in [6, 6.07) is 12.5. The summed E-state index contributed by atoms with van der Waals surface area (Å²) in [4.78, 5) is 23.0. The van der Waals surface area contributed by atoms with Gasteiger partial charge in [-0.1, -0.05) is 12.1 Å². The van der Waals surface area contributed by atoms with Crippen molar-refractivity contribution in [2.45, 2.75) is 25.8 Å². The second-order valence-electron chi connectivity index (χ2n) is 6.79. The van der Waals surface area contributed by atoms with Crippen LogP contribution in [0.2, 0.25) is 0 Å². The topological polar surface area (TPSA) is 36.4 Å². The molecule has 1 aliphatic heterocycles. The Hall–Kier alpha value is -1.28. The lowest BCUT2D eigenvalue weighted by Gasteiger charge is -2.34. The third-order valence-corrected chi connectivity index (χ3v) is 7.57. The molecule has 0 saturated carbocycles. The lowest BCUT2D eigenvalue weighted by molar-refractivity contribution is -0.133. The van der Waals surface area contributed by atoms with E-state index in [-0.39, 0.29) is 0 Å². The Kier molecular flexibility index (Phi) is 6.22. The van der Waals surface area contributed by atoms with E-state index < -0.39 is 0 Å². The lowest BCUT2D eigenvalue weighted by Crippen LogP contribution is -2.48. The van der Waals surface area contributed by atoms with E-state index in [1.807, 2.05) is 11.0 Å². The Labute approximate surface area is 175 Å². The Morgan fingerprint density at radius 2 is 1.89 bits per heavy atom. The van der Waals surface area contributed by atoms with Crippen LogP contribution in [0.3, 0.4) is 0 Å². The van der Waals surface area contributed by atoms with Crippen molar-refractivity contribution in [3.8, 4) is 0 Å². The molecule has 1 aliphatic rings. The van der Waals surface area contributed by atoms with Gasteiger partial charge in [-0.2, -0.15) is 0 Å². The van der Waals surface area contributed by atoms with Gasteiger partial charge in [-0.25, -0.2) is 4.98 Å². The van der Waals surface area contributed by atoms with E-state index in [0.29, 0.717) is 12.3 Å². The van der Waals surface area contributed by atoms with Crippen LogP contribution in [-0.2, 0) is 17.8 Å². The van der Waals surface area contributed by atoms with Crippen LogP contribution in [0, 0.1) is 0 Å². The molecule has 3 aromatic rings. The van der Waals surface area contributed by atoms with Gasteiger partial charge < -0.3 is 4.90 Å². The first-order chi connectivity index (χ1) is 13.2. The SMILES string of the molecule is O=C(CCCc1ccc(Br)s1)N1CCN(Cc2nc3ccccc3s2)CC1. The molecule has 1 aromatic carbocycles. The van der Waals surface area contributed by atoms with Crippen molar-refractivity contribution < 1.29 is 4.79 Å². The molecule has 1 saturated heterocycles. The fraction of sp³-hybridized carbons (Fsp3) is 0.400. The van der Waals surface area contributed by atoms with Crippen LogP contribution in [0.4, 0.5) is 0 Å². The zero-order valence-corrected chi connectivity index (χ0v) is 18.3. The number of amides is 1. The van der Waals surface area contributed by atoms with Crippen LogP contribution >= 0.6 is 38.6 Å². The van der Waals surface area contributed by atoms with Gasteiger partial charge >= 0.3 is 0 Å². The molecule has 0 N–H and O–H groups in total. The van der Waals surface area contributed by atoms with Gasteiger partial charge in [0.1, 0.15) is 5.01 Å². The van der Waals surface area contributed by atoms with E-state index in [4.69, 9.17) is 4.98 Å². The molecule has 4 rings (SSSR count). The average Bonchev–Trinajstić information content (AvgIpc) is 3.27. The van der Waals surface area contributed by atoms with Gasteiger partial charge in [-0.3, -0.25) is 9.69 Å². The second-order valence-corrected chi connectivity index (χ2v) is 10.5. The van der Waals surface area contributed by atoms with Gasteiger partial charge in [-0.15, -0.1) is 22.7 Å². The smallest absolute Gasteiger partial charge is 0.222 e. The first-order valence-corrected chi connectivity index (χ1v) is 11.7. The molecular formula is C20H22BrN3OS2. The molecule has 0 radical (unpaired) electrons. The minimum Gasteiger partial charge on any atom is -0.340 e. The average molecular weight is 464 g/mol. The molecule has 1 fully saturated rings. The molecular weight excluding hydrogens is 442 g/mol. The van der Waals surface area contributed by atoms with Crippen LogP contribution < -0.4 is 0 Å². The summed E-state index contributed by atoms with van der Waals surface area (Å²) in [5.74, 6) is 0.297. The van der Waals surface area contributed by atoms with E-state index in [0.717, 1.165) is 59.9 Å². The lowest BCUT2D eigenvalue weighted by atomic mass is 10.2. The maximum atomic E-state index is 12.5. The molecule has 4 nitrogen and oxygen atoms in total. The monoisotopic (exact) mass is 463 g/mol. The van der Waals surface area contributed by atoms with Gasteiger partial charge in [0.05, 0.1) is 20.5 Å². The number of thiophene rings is 1. The number of halogens is 1. The van der Waals surface area contributed by atoms with Gasteiger partial charge in [0.15, 0.2) is 0 Å². The molecule has 142 valence electrons. The van der Waals surface area contributed by atoms with Crippen molar-refractivity contribution in [2.75, 3.05) is 26.2 Å².